The number of halogens is 2. The SMILES string of the molecule is CNC(CC(C)(C)OC)c1ccc(F)cc1F. The normalized spacial score (nSPS) is 13.8. The van der Waals surface area contributed by atoms with E-state index in [1.807, 2.05) is 13.8 Å². The van der Waals surface area contributed by atoms with Crippen LogP contribution in [0.3, 0.4) is 0 Å². The van der Waals surface area contributed by atoms with E-state index in [1.165, 1.54) is 12.1 Å². The third kappa shape index (κ3) is 3.75. The second kappa shape index (κ2) is 5.56. The third-order valence-corrected chi connectivity index (χ3v) is 2.93. The van der Waals surface area contributed by atoms with Gasteiger partial charge in [0.1, 0.15) is 11.6 Å². The van der Waals surface area contributed by atoms with Crippen molar-refractivity contribution in [1.29, 1.82) is 0 Å². The minimum atomic E-state index is -0.563. The Bertz CT molecular complexity index is 380. The highest BCUT2D eigenvalue weighted by atomic mass is 19.1. The molecule has 0 amide bonds. The predicted molar refractivity (Wildman–Crippen MR) is 63.9 cm³/mol. The van der Waals surface area contributed by atoms with Crippen molar-refractivity contribution in [2.45, 2.75) is 31.9 Å². The number of methoxy groups -OCH3 is 1. The molecule has 0 fully saturated rings. The molecule has 0 aliphatic heterocycles. The van der Waals surface area contributed by atoms with Crippen LogP contribution in [-0.2, 0) is 4.74 Å². The van der Waals surface area contributed by atoms with Gasteiger partial charge in [0.05, 0.1) is 5.60 Å². The maximum absolute atomic E-state index is 13.6. The van der Waals surface area contributed by atoms with E-state index in [4.69, 9.17) is 4.74 Å². The summed E-state index contributed by atoms with van der Waals surface area (Å²) in [6.07, 6.45) is 0.600. The van der Waals surface area contributed by atoms with Crippen LogP contribution >= 0.6 is 0 Å². The Labute approximate surface area is 101 Å². The van der Waals surface area contributed by atoms with E-state index in [1.54, 1.807) is 14.2 Å². The molecule has 1 aromatic rings. The molecule has 0 aromatic heterocycles. The van der Waals surface area contributed by atoms with Crippen LogP contribution < -0.4 is 5.32 Å². The molecule has 96 valence electrons. The van der Waals surface area contributed by atoms with E-state index in [-0.39, 0.29) is 11.6 Å². The summed E-state index contributed by atoms with van der Waals surface area (Å²) in [5.74, 6) is -1.09. The first-order valence-electron chi connectivity index (χ1n) is 5.57. The van der Waals surface area contributed by atoms with Crippen molar-refractivity contribution >= 4 is 0 Å². The van der Waals surface area contributed by atoms with Gasteiger partial charge in [-0.3, -0.25) is 0 Å². The highest BCUT2D eigenvalue weighted by molar-refractivity contribution is 5.22. The summed E-state index contributed by atoms with van der Waals surface area (Å²) >= 11 is 0. The number of benzene rings is 1. The van der Waals surface area contributed by atoms with Gasteiger partial charge < -0.3 is 10.1 Å². The lowest BCUT2D eigenvalue weighted by Gasteiger charge is -2.28. The molecule has 17 heavy (non-hydrogen) atoms. The highest BCUT2D eigenvalue weighted by Gasteiger charge is 2.24. The van der Waals surface area contributed by atoms with E-state index in [9.17, 15) is 8.78 Å². The monoisotopic (exact) mass is 243 g/mol. The number of hydrogen-bond donors (Lipinski definition) is 1. The zero-order chi connectivity index (χ0) is 13.1. The Morgan fingerprint density at radius 2 is 2.00 bits per heavy atom. The van der Waals surface area contributed by atoms with E-state index < -0.39 is 11.6 Å². The molecule has 0 spiro atoms. The summed E-state index contributed by atoms with van der Waals surface area (Å²) in [6.45, 7) is 3.86. The van der Waals surface area contributed by atoms with Gasteiger partial charge in [-0.05, 0) is 33.4 Å². The fourth-order valence-corrected chi connectivity index (χ4v) is 1.73. The summed E-state index contributed by atoms with van der Waals surface area (Å²) < 4.78 is 31.8. The molecular weight excluding hydrogens is 224 g/mol. The molecule has 0 saturated heterocycles. The van der Waals surface area contributed by atoms with Gasteiger partial charge in [-0.15, -0.1) is 0 Å². The molecule has 0 aliphatic carbocycles. The summed E-state index contributed by atoms with van der Waals surface area (Å²) in [4.78, 5) is 0. The van der Waals surface area contributed by atoms with Crippen molar-refractivity contribution in [3.63, 3.8) is 0 Å². The van der Waals surface area contributed by atoms with Crippen LogP contribution in [0.1, 0.15) is 31.9 Å². The van der Waals surface area contributed by atoms with E-state index in [0.717, 1.165) is 6.07 Å². The van der Waals surface area contributed by atoms with Gasteiger partial charge in [-0.1, -0.05) is 6.07 Å². The maximum atomic E-state index is 13.6. The van der Waals surface area contributed by atoms with Crippen molar-refractivity contribution in [1.82, 2.24) is 5.32 Å². The molecule has 2 nitrogen and oxygen atoms in total. The van der Waals surface area contributed by atoms with Crippen molar-refractivity contribution < 1.29 is 13.5 Å². The fourth-order valence-electron chi connectivity index (χ4n) is 1.73. The van der Waals surface area contributed by atoms with Gasteiger partial charge >= 0.3 is 0 Å². The largest absolute Gasteiger partial charge is 0.379 e. The fraction of sp³-hybridized carbons (Fsp3) is 0.538. The maximum Gasteiger partial charge on any atom is 0.130 e. The van der Waals surface area contributed by atoms with Crippen LogP contribution in [0.2, 0.25) is 0 Å². The quantitative estimate of drug-likeness (QED) is 0.858. The van der Waals surface area contributed by atoms with Crippen molar-refractivity contribution in [2.75, 3.05) is 14.2 Å². The average Bonchev–Trinajstić information content (AvgIpc) is 2.26. The lowest BCUT2D eigenvalue weighted by molar-refractivity contribution is 0.00719. The van der Waals surface area contributed by atoms with Crippen LogP contribution in [0.15, 0.2) is 18.2 Å². The van der Waals surface area contributed by atoms with Crippen molar-refractivity contribution in [3.05, 3.63) is 35.4 Å². The van der Waals surface area contributed by atoms with E-state index in [0.29, 0.717) is 12.0 Å². The van der Waals surface area contributed by atoms with Gasteiger partial charge in [0, 0.05) is 24.8 Å². The number of rotatable bonds is 5. The molecule has 1 atom stereocenters. The van der Waals surface area contributed by atoms with Gasteiger partial charge in [0.2, 0.25) is 0 Å². The molecule has 1 aromatic carbocycles. The lowest BCUT2D eigenvalue weighted by atomic mass is 9.93. The molecule has 0 radical (unpaired) electrons. The molecule has 0 aliphatic rings. The van der Waals surface area contributed by atoms with Crippen LogP contribution in [-0.4, -0.2) is 19.8 Å². The number of hydrogen-bond acceptors (Lipinski definition) is 2. The van der Waals surface area contributed by atoms with E-state index in [2.05, 4.69) is 5.32 Å². The van der Waals surface area contributed by atoms with Gasteiger partial charge in [-0.2, -0.15) is 0 Å². The molecule has 1 unspecified atom stereocenters. The smallest absolute Gasteiger partial charge is 0.130 e. The van der Waals surface area contributed by atoms with Crippen molar-refractivity contribution in [2.24, 2.45) is 0 Å². The number of ether oxygens (including phenoxy) is 1. The summed E-state index contributed by atoms with van der Waals surface area (Å²) in [5.41, 5.74) is 0.0909. The second-order valence-corrected chi connectivity index (χ2v) is 4.68. The zero-order valence-corrected chi connectivity index (χ0v) is 10.7. The van der Waals surface area contributed by atoms with Crippen LogP contribution in [0.4, 0.5) is 8.78 Å². The number of nitrogens with one attached hydrogen (secondary N) is 1. The van der Waals surface area contributed by atoms with Crippen LogP contribution in [0.25, 0.3) is 0 Å². The minimum Gasteiger partial charge on any atom is -0.379 e. The Morgan fingerprint density at radius 3 is 2.47 bits per heavy atom. The average molecular weight is 243 g/mol. The first-order valence-corrected chi connectivity index (χ1v) is 5.57. The molecular formula is C13H19F2NO. The molecule has 1 rings (SSSR count). The molecule has 0 heterocycles. The lowest BCUT2D eigenvalue weighted by Crippen LogP contribution is -2.31. The van der Waals surface area contributed by atoms with Crippen LogP contribution in [0.5, 0.6) is 0 Å². The molecule has 4 heteroatoms. The zero-order valence-electron chi connectivity index (χ0n) is 10.7. The standard InChI is InChI=1S/C13H19F2NO/c1-13(2,17-4)8-12(16-3)10-6-5-9(14)7-11(10)15/h5-7,12,16H,8H2,1-4H3. The first-order chi connectivity index (χ1) is 7.89. The van der Waals surface area contributed by atoms with Crippen molar-refractivity contribution in [3.8, 4) is 0 Å². The molecule has 0 bridgehead atoms. The Kier molecular flexibility index (Phi) is 4.60. The molecule has 1 N–H and O–H groups in total. The molecule has 0 saturated carbocycles. The third-order valence-electron chi connectivity index (χ3n) is 2.93. The predicted octanol–water partition coefficient (Wildman–Crippen LogP) is 3.04. The topological polar surface area (TPSA) is 21.3 Å². The summed E-state index contributed by atoms with van der Waals surface area (Å²) in [5, 5.41) is 3.03. The second-order valence-electron chi connectivity index (χ2n) is 4.68. The minimum absolute atomic E-state index is 0.203. The van der Waals surface area contributed by atoms with E-state index >= 15 is 0 Å². The Morgan fingerprint density at radius 1 is 1.35 bits per heavy atom. The summed E-state index contributed by atoms with van der Waals surface area (Å²) in [7, 11) is 3.37. The van der Waals surface area contributed by atoms with Crippen LogP contribution in [0, 0.1) is 11.6 Å². The highest BCUT2D eigenvalue weighted by Crippen LogP contribution is 2.27. The Hall–Kier alpha value is -1.00. The van der Waals surface area contributed by atoms with Gasteiger partial charge in [0.15, 0.2) is 0 Å². The summed E-state index contributed by atoms with van der Waals surface area (Å²) in [6, 6.07) is 3.44. The van der Waals surface area contributed by atoms with Gasteiger partial charge in [-0.25, -0.2) is 8.78 Å². The Balaban J connectivity index is 2.94. The first kappa shape index (κ1) is 14.1. The van der Waals surface area contributed by atoms with Gasteiger partial charge in [0.25, 0.3) is 0 Å².